The van der Waals surface area contributed by atoms with Crippen molar-refractivity contribution in [1.29, 1.82) is 0 Å². The third-order valence-electron chi connectivity index (χ3n) is 3.14. The molecule has 0 bridgehead atoms. The van der Waals surface area contributed by atoms with Crippen molar-refractivity contribution in [2.45, 2.75) is 18.9 Å². The number of rotatable bonds is 9. The van der Waals surface area contributed by atoms with Gasteiger partial charge in [-0.05, 0) is 25.9 Å². The summed E-state index contributed by atoms with van der Waals surface area (Å²) in [5.41, 5.74) is 5.29. The number of methoxy groups -OCH3 is 1. The zero-order valence-corrected chi connectivity index (χ0v) is 11.2. The molecule has 0 aromatic carbocycles. The van der Waals surface area contributed by atoms with Crippen molar-refractivity contribution in [2.24, 2.45) is 5.73 Å². The van der Waals surface area contributed by atoms with Crippen molar-refractivity contribution in [3.05, 3.63) is 0 Å². The molecule has 1 rings (SSSR count). The minimum atomic E-state index is -0.273. The summed E-state index contributed by atoms with van der Waals surface area (Å²) in [5.74, 6) is -0.273. The van der Waals surface area contributed by atoms with Gasteiger partial charge in [0, 0.05) is 19.7 Å². The number of hydrogen-bond acceptors (Lipinski definition) is 5. The molecule has 3 N–H and O–H groups in total. The van der Waals surface area contributed by atoms with E-state index in [1.54, 1.807) is 7.11 Å². The first kappa shape index (κ1) is 15.4. The van der Waals surface area contributed by atoms with E-state index < -0.39 is 0 Å². The third kappa shape index (κ3) is 6.30. The number of piperidine rings is 1. The lowest BCUT2D eigenvalue weighted by atomic mass is 10.0. The molecule has 106 valence electrons. The van der Waals surface area contributed by atoms with E-state index in [-0.39, 0.29) is 5.91 Å². The number of ether oxygens (including phenoxy) is 2. The predicted octanol–water partition coefficient (Wildman–Crippen LogP) is -0.811. The molecular weight excluding hydrogens is 234 g/mol. The third-order valence-corrected chi connectivity index (χ3v) is 3.14. The first-order valence-electron chi connectivity index (χ1n) is 6.53. The number of amides is 1. The highest BCUT2D eigenvalue weighted by atomic mass is 16.5. The Balaban J connectivity index is 2.27. The molecule has 18 heavy (non-hydrogen) atoms. The number of nitrogens with zero attached hydrogens (tertiary/aromatic N) is 1. The summed E-state index contributed by atoms with van der Waals surface area (Å²) < 4.78 is 10.4. The fraction of sp³-hybridized carbons (Fsp3) is 0.917. The number of nitrogens with one attached hydrogen (secondary N) is 1. The van der Waals surface area contributed by atoms with Crippen LogP contribution in [0, 0.1) is 0 Å². The van der Waals surface area contributed by atoms with E-state index in [0.717, 1.165) is 32.5 Å². The monoisotopic (exact) mass is 259 g/mol. The Labute approximate surface area is 109 Å². The van der Waals surface area contributed by atoms with Gasteiger partial charge in [0.2, 0.25) is 5.91 Å². The van der Waals surface area contributed by atoms with Gasteiger partial charge in [0.15, 0.2) is 0 Å². The largest absolute Gasteiger partial charge is 0.382 e. The van der Waals surface area contributed by atoms with Crippen LogP contribution in [0.4, 0.5) is 0 Å². The lowest BCUT2D eigenvalue weighted by Crippen LogP contribution is -2.47. The van der Waals surface area contributed by atoms with Crippen LogP contribution >= 0.6 is 0 Å². The molecule has 6 nitrogen and oxygen atoms in total. The van der Waals surface area contributed by atoms with Gasteiger partial charge < -0.3 is 20.5 Å². The second-order valence-corrected chi connectivity index (χ2v) is 4.52. The van der Waals surface area contributed by atoms with E-state index in [9.17, 15) is 4.79 Å². The molecule has 1 aliphatic heterocycles. The van der Waals surface area contributed by atoms with E-state index in [4.69, 9.17) is 15.2 Å². The lowest BCUT2D eigenvalue weighted by molar-refractivity contribution is -0.120. The van der Waals surface area contributed by atoms with Crippen molar-refractivity contribution in [2.75, 3.05) is 53.1 Å². The Morgan fingerprint density at radius 1 is 1.33 bits per heavy atom. The maximum Gasteiger partial charge on any atom is 0.231 e. The molecule has 0 atom stereocenters. The van der Waals surface area contributed by atoms with Gasteiger partial charge >= 0.3 is 0 Å². The molecule has 0 unspecified atom stereocenters. The van der Waals surface area contributed by atoms with Crippen LogP contribution in [-0.4, -0.2) is 70.0 Å². The summed E-state index contributed by atoms with van der Waals surface area (Å²) in [6.07, 6.45) is 2.12. The van der Waals surface area contributed by atoms with Crippen LogP contribution in [0.5, 0.6) is 0 Å². The van der Waals surface area contributed by atoms with Gasteiger partial charge in [-0.3, -0.25) is 9.69 Å². The van der Waals surface area contributed by atoms with Crippen LogP contribution in [0.1, 0.15) is 12.8 Å². The Hall–Kier alpha value is -0.690. The molecular formula is C12H25N3O3. The molecule has 0 aromatic rings. The second-order valence-electron chi connectivity index (χ2n) is 4.52. The molecule has 0 radical (unpaired) electrons. The van der Waals surface area contributed by atoms with Crippen LogP contribution in [0.15, 0.2) is 0 Å². The van der Waals surface area contributed by atoms with Crippen LogP contribution in [0.3, 0.4) is 0 Å². The summed E-state index contributed by atoms with van der Waals surface area (Å²) in [6, 6.07) is 0.435. The lowest BCUT2D eigenvalue weighted by Gasteiger charge is -2.33. The number of carbonyl (C=O) groups is 1. The Bertz CT molecular complexity index is 233. The van der Waals surface area contributed by atoms with Crippen molar-refractivity contribution in [3.63, 3.8) is 0 Å². The maximum atomic E-state index is 11.1. The second kappa shape index (κ2) is 9.27. The van der Waals surface area contributed by atoms with E-state index in [1.165, 1.54) is 0 Å². The first-order valence-corrected chi connectivity index (χ1v) is 6.53. The van der Waals surface area contributed by atoms with E-state index in [2.05, 4.69) is 10.2 Å². The Kier molecular flexibility index (Phi) is 7.91. The fourth-order valence-electron chi connectivity index (χ4n) is 2.19. The zero-order chi connectivity index (χ0) is 13.2. The molecule has 1 aliphatic rings. The molecule has 0 aliphatic carbocycles. The molecule has 6 heteroatoms. The van der Waals surface area contributed by atoms with Gasteiger partial charge in [-0.2, -0.15) is 0 Å². The summed E-state index contributed by atoms with van der Waals surface area (Å²) in [5, 5.41) is 3.32. The number of carbonyl (C=O) groups excluding carboxylic acids is 1. The molecule has 1 amide bonds. The summed E-state index contributed by atoms with van der Waals surface area (Å²) in [6.45, 7) is 4.88. The maximum absolute atomic E-state index is 11.1. The molecule has 1 fully saturated rings. The number of hydrogen-bond donors (Lipinski definition) is 2. The summed E-state index contributed by atoms with van der Waals surface area (Å²) in [7, 11) is 1.65. The van der Waals surface area contributed by atoms with Crippen molar-refractivity contribution < 1.29 is 14.3 Å². The predicted molar refractivity (Wildman–Crippen MR) is 69.4 cm³/mol. The van der Waals surface area contributed by atoms with Crippen LogP contribution < -0.4 is 11.1 Å². The summed E-state index contributed by atoms with van der Waals surface area (Å²) >= 11 is 0. The minimum Gasteiger partial charge on any atom is -0.382 e. The minimum absolute atomic E-state index is 0.273. The van der Waals surface area contributed by atoms with E-state index in [1.807, 2.05) is 0 Å². The van der Waals surface area contributed by atoms with Gasteiger partial charge in [-0.15, -0.1) is 0 Å². The van der Waals surface area contributed by atoms with Crippen LogP contribution in [-0.2, 0) is 14.3 Å². The molecule has 1 saturated heterocycles. The number of nitrogens with two attached hydrogens (primary N) is 1. The van der Waals surface area contributed by atoms with E-state index in [0.29, 0.717) is 32.4 Å². The highest BCUT2D eigenvalue weighted by Gasteiger charge is 2.21. The highest BCUT2D eigenvalue weighted by Crippen LogP contribution is 2.11. The first-order chi connectivity index (χ1) is 8.74. The quantitative estimate of drug-likeness (QED) is 0.530. The van der Waals surface area contributed by atoms with Crippen LogP contribution in [0.25, 0.3) is 0 Å². The fourth-order valence-corrected chi connectivity index (χ4v) is 2.19. The van der Waals surface area contributed by atoms with Gasteiger partial charge in [0.1, 0.15) is 0 Å². The summed E-state index contributed by atoms with van der Waals surface area (Å²) in [4.78, 5) is 13.2. The molecule has 0 spiro atoms. The van der Waals surface area contributed by atoms with Gasteiger partial charge in [0.25, 0.3) is 0 Å². The van der Waals surface area contributed by atoms with Gasteiger partial charge in [-0.25, -0.2) is 0 Å². The van der Waals surface area contributed by atoms with E-state index >= 15 is 0 Å². The zero-order valence-electron chi connectivity index (χ0n) is 11.2. The Morgan fingerprint density at radius 3 is 2.67 bits per heavy atom. The smallest absolute Gasteiger partial charge is 0.231 e. The van der Waals surface area contributed by atoms with Crippen molar-refractivity contribution >= 4 is 5.91 Å². The topological polar surface area (TPSA) is 76.8 Å². The highest BCUT2D eigenvalue weighted by molar-refractivity contribution is 5.75. The standard InChI is InChI=1S/C12H25N3O3/c1-17-8-9-18-7-6-15(10-12(13)16)11-2-4-14-5-3-11/h11,14H,2-10H2,1H3,(H2,13,16). The van der Waals surface area contributed by atoms with Gasteiger partial charge in [0.05, 0.1) is 26.4 Å². The van der Waals surface area contributed by atoms with Crippen molar-refractivity contribution in [1.82, 2.24) is 10.2 Å². The average Bonchev–Trinajstić information content (AvgIpc) is 2.38. The van der Waals surface area contributed by atoms with Crippen molar-refractivity contribution in [3.8, 4) is 0 Å². The average molecular weight is 259 g/mol. The number of primary amides is 1. The molecule has 0 saturated carbocycles. The molecule has 0 aromatic heterocycles. The normalized spacial score (nSPS) is 17.2. The SMILES string of the molecule is COCCOCCN(CC(N)=O)C1CCNCC1. The van der Waals surface area contributed by atoms with Gasteiger partial charge in [-0.1, -0.05) is 0 Å². The molecule has 1 heterocycles. The van der Waals surface area contributed by atoms with Crippen LogP contribution in [0.2, 0.25) is 0 Å². The Morgan fingerprint density at radius 2 is 2.06 bits per heavy atom.